The summed E-state index contributed by atoms with van der Waals surface area (Å²) in [6.45, 7) is 1.72. The maximum Gasteiger partial charge on any atom is 0.319 e. The molecule has 13 heteroatoms. The Hall–Kier alpha value is -3.53. The van der Waals surface area contributed by atoms with E-state index in [1.54, 1.807) is 0 Å². The number of ether oxygens (including phenoxy) is 2. The predicted molar refractivity (Wildman–Crippen MR) is 163 cm³/mol. The van der Waals surface area contributed by atoms with Gasteiger partial charge in [-0.25, -0.2) is 13.2 Å². The van der Waals surface area contributed by atoms with E-state index in [1.807, 2.05) is 18.0 Å². The lowest BCUT2D eigenvalue weighted by Gasteiger charge is -2.44. The largest absolute Gasteiger partial charge is 0.491 e. The fourth-order valence-corrected chi connectivity index (χ4v) is 8.97. The van der Waals surface area contributed by atoms with Gasteiger partial charge in [-0.3, -0.25) is 4.90 Å². The molecule has 44 heavy (non-hydrogen) atoms. The van der Waals surface area contributed by atoms with Gasteiger partial charge in [-0.2, -0.15) is 15.2 Å². The number of thiophene rings is 1. The number of alkyl halides is 1. The number of benzene rings is 2. The number of rotatable bonds is 4. The van der Waals surface area contributed by atoms with Crippen LogP contribution in [0.15, 0.2) is 12.1 Å². The first-order valence-corrected chi connectivity index (χ1v) is 15.9. The molecule has 0 amide bonds. The van der Waals surface area contributed by atoms with Crippen molar-refractivity contribution in [3.63, 3.8) is 0 Å². The zero-order chi connectivity index (χ0) is 30.5. The first-order chi connectivity index (χ1) is 21.2. The van der Waals surface area contributed by atoms with Gasteiger partial charge in [0.25, 0.3) is 0 Å². The van der Waals surface area contributed by atoms with Gasteiger partial charge in [0.2, 0.25) is 0 Å². The van der Waals surface area contributed by atoms with Crippen LogP contribution in [0, 0.1) is 28.9 Å². The molecule has 1 saturated carbocycles. The lowest BCUT2D eigenvalue weighted by Crippen LogP contribution is -2.49. The summed E-state index contributed by atoms with van der Waals surface area (Å²) in [6, 6.07) is 4.74. The van der Waals surface area contributed by atoms with E-state index in [9.17, 15) is 14.0 Å². The van der Waals surface area contributed by atoms with Gasteiger partial charge < -0.3 is 20.1 Å². The summed E-state index contributed by atoms with van der Waals surface area (Å²) >= 11 is 7.92. The van der Waals surface area contributed by atoms with Gasteiger partial charge in [-0.1, -0.05) is 17.7 Å². The van der Waals surface area contributed by atoms with Crippen molar-refractivity contribution in [1.82, 2.24) is 14.9 Å². The number of hydrogen-bond donors (Lipinski definition) is 1. The minimum absolute atomic E-state index is 0.0262. The summed E-state index contributed by atoms with van der Waals surface area (Å²) in [6.07, 6.45) is 3.08. The second-order valence-electron chi connectivity index (χ2n) is 12.3. The lowest BCUT2D eigenvalue weighted by molar-refractivity contribution is 0.107. The van der Waals surface area contributed by atoms with Crippen LogP contribution in [0.5, 0.6) is 11.8 Å². The normalized spacial score (nSPS) is 26.1. The summed E-state index contributed by atoms with van der Waals surface area (Å²) in [7, 11) is 1.91. The fraction of sp³-hybridized carbons (Fsp3) is 0.452. The highest BCUT2D eigenvalue weighted by Crippen LogP contribution is 2.52. The molecule has 0 radical (unpaired) electrons. The van der Waals surface area contributed by atoms with Crippen LogP contribution in [0.4, 0.5) is 24.0 Å². The van der Waals surface area contributed by atoms with E-state index in [1.165, 1.54) is 12.1 Å². The molecule has 8 rings (SSSR count). The molecule has 2 N–H and O–H groups in total. The van der Waals surface area contributed by atoms with E-state index < -0.39 is 23.3 Å². The van der Waals surface area contributed by atoms with E-state index in [2.05, 4.69) is 9.88 Å². The summed E-state index contributed by atoms with van der Waals surface area (Å²) in [5.74, 6) is -0.508. The van der Waals surface area contributed by atoms with Crippen LogP contribution in [0.25, 0.3) is 32.1 Å². The number of nitrogens with two attached hydrogens (primary N) is 1. The van der Waals surface area contributed by atoms with Gasteiger partial charge in [-0.05, 0) is 43.9 Å². The molecule has 3 aliphatic heterocycles. The van der Waals surface area contributed by atoms with Crippen molar-refractivity contribution in [3.8, 4) is 29.0 Å². The average molecular weight is 641 g/mol. The second kappa shape index (κ2) is 9.99. The molecule has 0 bridgehead atoms. The lowest BCUT2D eigenvalue weighted by atomic mass is 9.79. The standard InChI is InChI=1S/C31H28ClF3N6O2S/c1-40-19-6-3-14(19)12-42-26-22-25(38-30(39-29(22)40)43-13-31-7-2-8-41(31)11-15(33)9-31)24(35)21(23(26)32)16-4-5-18(34)27-20(16)17(10-36)28(37)44-27/h4-5,14-15,19H,2-3,6-9,11-13,37H2,1H3/t14?,15-,19?,31+/m1/s1. The summed E-state index contributed by atoms with van der Waals surface area (Å²) < 4.78 is 59.0. The van der Waals surface area contributed by atoms with E-state index in [-0.39, 0.29) is 72.6 Å². The van der Waals surface area contributed by atoms with Crippen molar-refractivity contribution in [3.05, 3.63) is 34.4 Å². The van der Waals surface area contributed by atoms with Gasteiger partial charge in [0, 0.05) is 42.9 Å². The highest BCUT2D eigenvalue weighted by atomic mass is 35.5. The number of anilines is 2. The van der Waals surface area contributed by atoms with Crippen LogP contribution in [0.1, 0.15) is 37.7 Å². The SMILES string of the molecule is CN1c2nc(OC[C@@]34CCCN3C[C@H](F)C4)nc3c(F)c(-c4ccc(F)c5sc(N)c(C#N)c45)c(Cl)c(c23)OCC2CCC21. The number of nitrogens with zero attached hydrogens (tertiary/aromatic N) is 5. The first-order valence-electron chi connectivity index (χ1n) is 14.7. The molecule has 2 aromatic carbocycles. The molecule has 2 saturated heterocycles. The van der Waals surface area contributed by atoms with Crippen molar-refractivity contribution in [2.75, 3.05) is 44.0 Å². The Labute approximate surface area is 260 Å². The summed E-state index contributed by atoms with van der Waals surface area (Å²) in [4.78, 5) is 13.5. The molecular weight excluding hydrogens is 613 g/mol. The molecule has 4 aromatic rings. The van der Waals surface area contributed by atoms with Crippen molar-refractivity contribution in [2.45, 2.75) is 49.9 Å². The quantitative estimate of drug-likeness (QED) is 0.271. The van der Waals surface area contributed by atoms with E-state index >= 15 is 4.39 Å². The Morgan fingerprint density at radius 1 is 1.27 bits per heavy atom. The number of fused-ring (bicyclic) bond motifs is 3. The topological polar surface area (TPSA) is 101 Å². The second-order valence-corrected chi connectivity index (χ2v) is 13.8. The van der Waals surface area contributed by atoms with Crippen LogP contribution in [-0.2, 0) is 0 Å². The van der Waals surface area contributed by atoms with Gasteiger partial charge in [-0.15, -0.1) is 11.3 Å². The molecule has 0 spiro atoms. The molecular formula is C31H28ClF3N6O2S. The van der Waals surface area contributed by atoms with Crippen LogP contribution in [0.3, 0.4) is 0 Å². The summed E-state index contributed by atoms with van der Waals surface area (Å²) in [5, 5.41) is 10.5. The highest BCUT2D eigenvalue weighted by molar-refractivity contribution is 7.23. The Bertz CT molecular complexity index is 1920. The monoisotopic (exact) mass is 640 g/mol. The Morgan fingerprint density at radius 3 is 2.89 bits per heavy atom. The maximum absolute atomic E-state index is 17.0. The number of nitrogen functional groups attached to an aromatic ring is 1. The van der Waals surface area contributed by atoms with Crippen LogP contribution >= 0.6 is 22.9 Å². The Kier molecular flexibility index (Phi) is 6.35. The smallest absolute Gasteiger partial charge is 0.319 e. The molecule has 5 heterocycles. The zero-order valence-electron chi connectivity index (χ0n) is 23.8. The maximum atomic E-state index is 17.0. The van der Waals surface area contributed by atoms with Gasteiger partial charge in [0.15, 0.2) is 11.6 Å². The molecule has 2 aromatic heterocycles. The number of halogens is 4. The van der Waals surface area contributed by atoms with Crippen LogP contribution in [0.2, 0.25) is 5.02 Å². The predicted octanol–water partition coefficient (Wildman–Crippen LogP) is 6.46. The minimum Gasteiger partial charge on any atom is -0.491 e. The van der Waals surface area contributed by atoms with Crippen molar-refractivity contribution < 1.29 is 22.6 Å². The van der Waals surface area contributed by atoms with Gasteiger partial charge in [0.1, 0.15) is 41.0 Å². The molecule has 1 aliphatic carbocycles. The van der Waals surface area contributed by atoms with Gasteiger partial charge in [0.05, 0.1) is 32.8 Å². The van der Waals surface area contributed by atoms with E-state index in [0.717, 1.165) is 43.6 Å². The van der Waals surface area contributed by atoms with Crippen molar-refractivity contribution in [2.24, 2.45) is 5.92 Å². The number of aromatic nitrogens is 2. The molecule has 228 valence electrons. The summed E-state index contributed by atoms with van der Waals surface area (Å²) in [5.41, 5.74) is 5.74. The zero-order valence-corrected chi connectivity index (χ0v) is 25.4. The van der Waals surface area contributed by atoms with Crippen molar-refractivity contribution in [1.29, 1.82) is 5.26 Å². The molecule has 4 aliphatic rings. The van der Waals surface area contributed by atoms with Crippen LogP contribution in [-0.4, -0.2) is 66.0 Å². The molecule has 2 unspecified atom stereocenters. The van der Waals surface area contributed by atoms with E-state index in [4.69, 9.17) is 31.8 Å². The molecule has 8 nitrogen and oxygen atoms in total. The first kappa shape index (κ1) is 28.0. The number of hydrogen-bond acceptors (Lipinski definition) is 9. The Balaban J connectivity index is 1.35. The molecule has 3 fully saturated rings. The number of nitriles is 1. The van der Waals surface area contributed by atoms with Crippen LogP contribution < -0.4 is 20.1 Å². The highest BCUT2D eigenvalue weighted by Gasteiger charge is 2.49. The molecule has 4 atom stereocenters. The van der Waals surface area contributed by atoms with Crippen molar-refractivity contribution >= 4 is 54.7 Å². The Morgan fingerprint density at radius 2 is 2.11 bits per heavy atom. The minimum atomic E-state index is -0.926. The van der Waals surface area contributed by atoms with Gasteiger partial charge >= 0.3 is 6.01 Å². The average Bonchev–Trinajstić information content (AvgIpc) is 3.62. The third kappa shape index (κ3) is 3.91. The third-order valence-electron chi connectivity index (χ3n) is 10.0. The third-order valence-corrected chi connectivity index (χ3v) is 11.4. The fourth-order valence-electron chi connectivity index (χ4n) is 7.69. The van der Waals surface area contributed by atoms with E-state index in [0.29, 0.717) is 30.8 Å².